The highest BCUT2D eigenvalue weighted by Gasteiger charge is 2.47. The molecule has 1 aliphatic rings. The SMILES string of the molecule is COc1ccc(OC)c([C@@H]2C(=C(O)c3ccccc3)C(=O)C(=O)N2CCCC(=O)O)c1. The van der Waals surface area contributed by atoms with Crippen molar-refractivity contribution in [1.82, 2.24) is 4.90 Å². The van der Waals surface area contributed by atoms with Gasteiger partial charge in [-0.1, -0.05) is 30.3 Å². The molecule has 2 N–H and O–H groups in total. The van der Waals surface area contributed by atoms with E-state index in [0.717, 1.165) is 0 Å². The van der Waals surface area contributed by atoms with E-state index in [4.69, 9.17) is 14.6 Å². The molecule has 0 aromatic heterocycles. The average molecular weight is 425 g/mol. The standard InChI is InChI=1S/C23H23NO7/c1-30-15-10-11-17(31-2)16(13-15)20-19(21(27)14-7-4-3-5-8-14)22(28)23(29)24(20)12-6-9-18(25)26/h3-5,7-8,10-11,13,20,27H,6,9,12H2,1-2H3,(H,25,26)/t20-/m1/s1. The fourth-order valence-electron chi connectivity index (χ4n) is 3.64. The lowest BCUT2D eigenvalue weighted by molar-refractivity contribution is -0.140. The normalized spacial score (nSPS) is 17.6. The van der Waals surface area contributed by atoms with Crippen LogP contribution < -0.4 is 9.47 Å². The van der Waals surface area contributed by atoms with Crippen LogP contribution in [-0.2, 0) is 14.4 Å². The molecule has 8 nitrogen and oxygen atoms in total. The monoisotopic (exact) mass is 425 g/mol. The summed E-state index contributed by atoms with van der Waals surface area (Å²) in [4.78, 5) is 38.1. The lowest BCUT2D eigenvalue weighted by Gasteiger charge is -2.26. The summed E-state index contributed by atoms with van der Waals surface area (Å²) in [6.45, 7) is 0.0213. The Morgan fingerprint density at radius 2 is 1.74 bits per heavy atom. The highest BCUT2D eigenvalue weighted by Crippen LogP contribution is 2.43. The lowest BCUT2D eigenvalue weighted by atomic mass is 9.94. The number of amides is 1. The molecule has 1 heterocycles. The first-order valence-electron chi connectivity index (χ1n) is 9.66. The van der Waals surface area contributed by atoms with Gasteiger partial charge in [-0.2, -0.15) is 0 Å². The number of hydrogen-bond donors (Lipinski definition) is 2. The predicted octanol–water partition coefficient (Wildman–Crippen LogP) is 2.99. The van der Waals surface area contributed by atoms with Crippen LogP contribution in [-0.4, -0.2) is 53.5 Å². The zero-order chi connectivity index (χ0) is 22.5. The summed E-state index contributed by atoms with van der Waals surface area (Å²) in [5.41, 5.74) is 0.754. The fourth-order valence-corrected chi connectivity index (χ4v) is 3.64. The lowest BCUT2D eigenvalue weighted by Crippen LogP contribution is -2.31. The van der Waals surface area contributed by atoms with E-state index in [1.807, 2.05) is 0 Å². The van der Waals surface area contributed by atoms with Gasteiger partial charge in [0.25, 0.3) is 11.7 Å². The number of Topliss-reactive ketones (excluding diaryl/α,β-unsaturated/α-hetero) is 1. The van der Waals surface area contributed by atoms with Crippen LogP contribution in [0.1, 0.15) is 30.0 Å². The molecule has 162 valence electrons. The molecule has 8 heteroatoms. The van der Waals surface area contributed by atoms with Gasteiger partial charge in [-0.3, -0.25) is 14.4 Å². The topological polar surface area (TPSA) is 113 Å². The van der Waals surface area contributed by atoms with Crippen LogP contribution in [0.25, 0.3) is 5.76 Å². The van der Waals surface area contributed by atoms with Crippen LogP contribution >= 0.6 is 0 Å². The molecule has 2 aromatic carbocycles. The van der Waals surface area contributed by atoms with Gasteiger partial charge in [0.15, 0.2) is 0 Å². The van der Waals surface area contributed by atoms with E-state index in [0.29, 0.717) is 22.6 Å². The summed E-state index contributed by atoms with van der Waals surface area (Å²) in [5, 5.41) is 19.9. The molecule has 1 atom stereocenters. The number of ketones is 1. The number of likely N-dealkylation sites (tertiary alicyclic amines) is 1. The van der Waals surface area contributed by atoms with Gasteiger partial charge < -0.3 is 24.6 Å². The second-order valence-electron chi connectivity index (χ2n) is 6.96. The molecule has 1 saturated heterocycles. The van der Waals surface area contributed by atoms with E-state index in [2.05, 4.69) is 0 Å². The molecule has 1 amide bonds. The van der Waals surface area contributed by atoms with Crippen LogP contribution in [0.5, 0.6) is 11.5 Å². The summed E-state index contributed by atoms with van der Waals surface area (Å²) in [6.07, 6.45) is -0.0137. The van der Waals surface area contributed by atoms with Crippen LogP contribution in [0.15, 0.2) is 54.1 Å². The van der Waals surface area contributed by atoms with Crippen molar-refractivity contribution in [3.8, 4) is 11.5 Å². The van der Waals surface area contributed by atoms with E-state index in [9.17, 15) is 19.5 Å². The maximum Gasteiger partial charge on any atom is 0.303 e. The number of methoxy groups -OCH3 is 2. The van der Waals surface area contributed by atoms with Crippen molar-refractivity contribution in [2.24, 2.45) is 0 Å². The van der Waals surface area contributed by atoms with Crippen molar-refractivity contribution >= 4 is 23.4 Å². The molecule has 0 unspecified atom stereocenters. The van der Waals surface area contributed by atoms with Gasteiger partial charge in [0.05, 0.1) is 25.8 Å². The number of aliphatic hydroxyl groups is 1. The third kappa shape index (κ3) is 4.37. The van der Waals surface area contributed by atoms with Gasteiger partial charge >= 0.3 is 5.97 Å². The summed E-state index contributed by atoms with van der Waals surface area (Å²) in [6, 6.07) is 12.4. The smallest absolute Gasteiger partial charge is 0.303 e. The number of carboxylic acids is 1. The molecule has 3 rings (SSSR count). The van der Waals surface area contributed by atoms with Crippen LogP contribution in [0.3, 0.4) is 0 Å². The van der Waals surface area contributed by atoms with E-state index in [1.165, 1.54) is 19.1 Å². The third-order valence-corrected chi connectivity index (χ3v) is 5.11. The Labute approximate surface area is 179 Å². The molecule has 31 heavy (non-hydrogen) atoms. The Balaban J connectivity index is 2.19. The first-order chi connectivity index (χ1) is 14.9. The Kier molecular flexibility index (Phi) is 6.59. The van der Waals surface area contributed by atoms with E-state index in [1.54, 1.807) is 48.5 Å². The van der Waals surface area contributed by atoms with Gasteiger partial charge in [0.1, 0.15) is 17.3 Å². The zero-order valence-electron chi connectivity index (χ0n) is 17.2. The summed E-state index contributed by atoms with van der Waals surface area (Å²) >= 11 is 0. The summed E-state index contributed by atoms with van der Waals surface area (Å²) in [5.74, 6) is -2.09. The first-order valence-corrected chi connectivity index (χ1v) is 9.66. The van der Waals surface area contributed by atoms with Crippen molar-refractivity contribution in [2.75, 3.05) is 20.8 Å². The maximum absolute atomic E-state index is 13.0. The quantitative estimate of drug-likeness (QED) is 0.380. The number of benzene rings is 2. The maximum atomic E-state index is 13.0. The second-order valence-corrected chi connectivity index (χ2v) is 6.96. The van der Waals surface area contributed by atoms with Crippen LogP contribution in [0.2, 0.25) is 0 Å². The van der Waals surface area contributed by atoms with Crippen molar-refractivity contribution in [3.63, 3.8) is 0 Å². The highest BCUT2D eigenvalue weighted by atomic mass is 16.5. The van der Waals surface area contributed by atoms with Gasteiger partial charge in [0, 0.05) is 24.1 Å². The molecule has 0 aliphatic carbocycles. The largest absolute Gasteiger partial charge is 0.507 e. The molecule has 0 bridgehead atoms. The van der Waals surface area contributed by atoms with Crippen LogP contribution in [0.4, 0.5) is 0 Å². The molecule has 0 saturated carbocycles. The van der Waals surface area contributed by atoms with Gasteiger partial charge in [-0.15, -0.1) is 0 Å². The predicted molar refractivity (Wildman–Crippen MR) is 112 cm³/mol. The van der Waals surface area contributed by atoms with Crippen LogP contribution in [0, 0.1) is 0 Å². The van der Waals surface area contributed by atoms with Gasteiger partial charge in [0.2, 0.25) is 0 Å². The average Bonchev–Trinajstić information content (AvgIpc) is 3.03. The Bertz CT molecular complexity index is 1030. The third-order valence-electron chi connectivity index (χ3n) is 5.11. The molecule has 0 radical (unpaired) electrons. The highest BCUT2D eigenvalue weighted by molar-refractivity contribution is 6.46. The van der Waals surface area contributed by atoms with E-state index in [-0.39, 0.29) is 30.7 Å². The zero-order valence-corrected chi connectivity index (χ0v) is 17.2. The molecule has 0 spiro atoms. The van der Waals surface area contributed by atoms with E-state index < -0.39 is 23.7 Å². The molecule has 1 fully saturated rings. The summed E-state index contributed by atoms with van der Waals surface area (Å²) in [7, 11) is 2.94. The number of ether oxygens (including phenoxy) is 2. The van der Waals surface area contributed by atoms with Gasteiger partial charge in [-0.05, 0) is 24.6 Å². The Morgan fingerprint density at radius 3 is 2.35 bits per heavy atom. The minimum Gasteiger partial charge on any atom is -0.507 e. The Hall–Kier alpha value is -3.81. The minimum atomic E-state index is -1.00. The Morgan fingerprint density at radius 1 is 1.03 bits per heavy atom. The van der Waals surface area contributed by atoms with Crippen molar-refractivity contribution in [1.29, 1.82) is 0 Å². The van der Waals surface area contributed by atoms with E-state index >= 15 is 0 Å². The number of carbonyl (C=O) groups is 3. The number of nitrogens with zero attached hydrogens (tertiary/aromatic N) is 1. The number of rotatable bonds is 8. The fraction of sp³-hybridized carbons (Fsp3) is 0.261. The summed E-state index contributed by atoms with van der Waals surface area (Å²) < 4.78 is 10.7. The number of aliphatic carboxylic acids is 1. The van der Waals surface area contributed by atoms with Crippen molar-refractivity contribution < 1.29 is 34.1 Å². The number of hydrogen-bond acceptors (Lipinski definition) is 6. The van der Waals surface area contributed by atoms with Crippen molar-refractivity contribution in [3.05, 3.63) is 65.2 Å². The minimum absolute atomic E-state index is 0.0213. The molecular weight excluding hydrogens is 402 g/mol. The van der Waals surface area contributed by atoms with Gasteiger partial charge in [-0.25, -0.2) is 0 Å². The van der Waals surface area contributed by atoms with Crippen molar-refractivity contribution in [2.45, 2.75) is 18.9 Å². The molecule has 2 aromatic rings. The number of carboxylic acid groups (broad SMARTS) is 1. The molecule has 1 aliphatic heterocycles. The first kappa shape index (κ1) is 21.9. The number of aliphatic hydroxyl groups excluding tert-OH is 1. The second kappa shape index (κ2) is 9.34. The molecular formula is C23H23NO7. The number of carbonyl (C=O) groups excluding carboxylic acids is 2.